The molecule has 3 aromatic rings. The van der Waals surface area contributed by atoms with Gasteiger partial charge in [0.2, 0.25) is 0 Å². The van der Waals surface area contributed by atoms with E-state index >= 15 is 0 Å². The van der Waals surface area contributed by atoms with Crippen LogP contribution in [0.1, 0.15) is 37.7 Å². The third-order valence-corrected chi connectivity index (χ3v) is 6.23. The average molecular weight is 496 g/mol. The summed E-state index contributed by atoms with van der Waals surface area (Å²) >= 11 is 6.17. The number of rotatable bonds is 8. The van der Waals surface area contributed by atoms with E-state index in [9.17, 15) is 14.9 Å². The zero-order chi connectivity index (χ0) is 25.1. The standard InChI is InChI=1S/C24H22ClN5O5/c1-12(23(31)32)16-9-18(16)28-20-8-7-14(11-27-20)21-22(19(10-26)35-30-21)29-24(33)34-13(2)15-5-3-4-6-17(15)25/h3-8,11-13,16,18H,9H2,1-2H3,(H,27,28)(H,29,33)(H,31,32). The number of hydrogen-bond donors (Lipinski definition) is 3. The molecule has 0 aliphatic heterocycles. The Bertz CT molecular complexity index is 1290. The van der Waals surface area contributed by atoms with Crippen molar-refractivity contribution in [1.29, 1.82) is 5.26 Å². The minimum atomic E-state index is -0.818. The van der Waals surface area contributed by atoms with Gasteiger partial charge in [-0.25, -0.2) is 9.78 Å². The molecule has 3 N–H and O–H groups in total. The molecule has 1 amide bonds. The van der Waals surface area contributed by atoms with Gasteiger partial charge in [0.1, 0.15) is 29.4 Å². The third-order valence-electron chi connectivity index (χ3n) is 5.89. The fourth-order valence-corrected chi connectivity index (χ4v) is 4.05. The average Bonchev–Trinajstić information content (AvgIpc) is 3.48. The number of aliphatic carboxylic acids is 1. The number of benzene rings is 1. The second-order valence-electron chi connectivity index (χ2n) is 8.25. The Morgan fingerprint density at radius 1 is 1.29 bits per heavy atom. The highest BCUT2D eigenvalue weighted by molar-refractivity contribution is 6.31. The Kier molecular flexibility index (Phi) is 6.89. The molecule has 0 spiro atoms. The van der Waals surface area contributed by atoms with Crippen LogP contribution >= 0.6 is 11.6 Å². The number of anilines is 2. The van der Waals surface area contributed by atoms with E-state index in [1.54, 1.807) is 50.2 Å². The Hall–Kier alpha value is -4.10. The molecule has 10 nitrogen and oxygen atoms in total. The highest BCUT2D eigenvalue weighted by Crippen LogP contribution is 2.40. The molecular weight excluding hydrogens is 474 g/mol. The summed E-state index contributed by atoms with van der Waals surface area (Å²) in [5, 5.41) is 28.6. The van der Waals surface area contributed by atoms with E-state index in [0.29, 0.717) is 22.0 Å². The van der Waals surface area contributed by atoms with Gasteiger partial charge in [-0.1, -0.05) is 41.9 Å². The van der Waals surface area contributed by atoms with Crippen LogP contribution < -0.4 is 10.6 Å². The van der Waals surface area contributed by atoms with E-state index in [0.717, 1.165) is 6.42 Å². The molecule has 0 bridgehead atoms. The van der Waals surface area contributed by atoms with Crippen molar-refractivity contribution in [2.45, 2.75) is 32.4 Å². The van der Waals surface area contributed by atoms with Crippen molar-refractivity contribution in [3.8, 4) is 17.3 Å². The van der Waals surface area contributed by atoms with E-state index in [-0.39, 0.29) is 29.1 Å². The van der Waals surface area contributed by atoms with Gasteiger partial charge in [0, 0.05) is 28.4 Å². The van der Waals surface area contributed by atoms with Gasteiger partial charge in [-0.2, -0.15) is 5.26 Å². The minimum absolute atomic E-state index is 0.0452. The lowest BCUT2D eigenvalue weighted by molar-refractivity contribution is -0.141. The zero-order valence-electron chi connectivity index (χ0n) is 18.9. The van der Waals surface area contributed by atoms with Gasteiger partial charge in [0.15, 0.2) is 0 Å². The van der Waals surface area contributed by atoms with Crippen LogP contribution in [-0.2, 0) is 9.53 Å². The SMILES string of the molecule is CC(OC(=O)Nc1c(-c2ccc(NC3CC3C(C)C(=O)O)nc2)noc1C#N)c1ccccc1Cl. The van der Waals surface area contributed by atoms with E-state index in [1.165, 1.54) is 6.20 Å². The summed E-state index contributed by atoms with van der Waals surface area (Å²) in [6.45, 7) is 3.37. The topological polar surface area (TPSA) is 150 Å². The number of pyridine rings is 1. The van der Waals surface area contributed by atoms with E-state index in [1.807, 2.05) is 6.07 Å². The van der Waals surface area contributed by atoms with Gasteiger partial charge in [-0.05, 0) is 37.5 Å². The number of nitrogens with zero attached hydrogens (tertiary/aromatic N) is 3. The molecule has 1 aromatic carbocycles. The second kappa shape index (κ2) is 10.0. The monoisotopic (exact) mass is 495 g/mol. The van der Waals surface area contributed by atoms with Gasteiger partial charge in [-0.3, -0.25) is 10.1 Å². The molecule has 1 aliphatic rings. The van der Waals surface area contributed by atoms with E-state index < -0.39 is 24.1 Å². The molecule has 1 saturated carbocycles. The number of carbonyl (C=O) groups is 2. The van der Waals surface area contributed by atoms with Crippen LogP contribution in [0.5, 0.6) is 0 Å². The van der Waals surface area contributed by atoms with Crippen molar-refractivity contribution in [1.82, 2.24) is 10.1 Å². The normalized spacial score (nSPS) is 18.1. The number of halogens is 1. The predicted octanol–water partition coefficient (Wildman–Crippen LogP) is 5.09. The van der Waals surface area contributed by atoms with E-state index in [2.05, 4.69) is 20.8 Å². The van der Waals surface area contributed by atoms with Gasteiger partial charge >= 0.3 is 12.1 Å². The first kappa shape index (κ1) is 24.0. The maximum absolute atomic E-state index is 12.6. The smallest absolute Gasteiger partial charge is 0.412 e. The fraction of sp³-hybridized carbons (Fsp3) is 0.292. The zero-order valence-corrected chi connectivity index (χ0v) is 19.6. The summed E-state index contributed by atoms with van der Waals surface area (Å²) in [5.74, 6) is -0.807. The van der Waals surface area contributed by atoms with Crippen molar-refractivity contribution in [2.24, 2.45) is 11.8 Å². The summed E-state index contributed by atoms with van der Waals surface area (Å²) in [4.78, 5) is 28.0. The van der Waals surface area contributed by atoms with Gasteiger partial charge in [-0.15, -0.1) is 0 Å². The quantitative estimate of drug-likeness (QED) is 0.388. The molecule has 1 aliphatic carbocycles. The second-order valence-corrected chi connectivity index (χ2v) is 8.66. The highest BCUT2D eigenvalue weighted by Gasteiger charge is 2.44. The lowest BCUT2D eigenvalue weighted by atomic mass is 10.1. The molecule has 4 atom stereocenters. The van der Waals surface area contributed by atoms with E-state index in [4.69, 9.17) is 26.0 Å². The Morgan fingerprint density at radius 2 is 2.06 bits per heavy atom. The van der Waals surface area contributed by atoms with Crippen LogP contribution in [0.3, 0.4) is 0 Å². The lowest BCUT2D eigenvalue weighted by Crippen LogP contribution is -2.17. The predicted molar refractivity (Wildman–Crippen MR) is 127 cm³/mol. The fourth-order valence-electron chi connectivity index (χ4n) is 3.77. The number of carboxylic acid groups (broad SMARTS) is 1. The largest absolute Gasteiger partial charge is 0.481 e. The molecule has 0 radical (unpaired) electrons. The Labute approximate surface area is 205 Å². The van der Waals surface area contributed by atoms with Crippen molar-refractivity contribution < 1.29 is 24.0 Å². The molecule has 35 heavy (non-hydrogen) atoms. The van der Waals surface area contributed by atoms with Crippen LogP contribution in [0.25, 0.3) is 11.3 Å². The third kappa shape index (κ3) is 5.36. The number of carbonyl (C=O) groups excluding carboxylic acids is 1. The Balaban J connectivity index is 1.45. The number of hydrogen-bond acceptors (Lipinski definition) is 8. The lowest BCUT2D eigenvalue weighted by Gasteiger charge is -2.15. The number of ether oxygens (including phenoxy) is 1. The summed E-state index contributed by atoms with van der Waals surface area (Å²) in [6.07, 6.45) is 0.827. The minimum Gasteiger partial charge on any atom is -0.481 e. The molecule has 11 heteroatoms. The maximum atomic E-state index is 12.6. The van der Waals surface area contributed by atoms with Crippen LogP contribution in [0, 0.1) is 23.2 Å². The number of nitriles is 1. The van der Waals surface area contributed by atoms with Crippen LogP contribution in [0.4, 0.5) is 16.3 Å². The molecule has 4 unspecified atom stereocenters. The number of aromatic nitrogens is 2. The highest BCUT2D eigenvalue weighted by atomic mass is 35.5. The number of amides is 1. The molecule has 0 saturated heterocycles. The molecular formula is C24H22ClN5O5. The molecule has 4 rings (SSSR count). The first-order valence-electron chi connectivity index (χ1n) is 10.9. The summed E-state index contributed by atoms with van der Waals surface area (Å²) in [6, 6.07) is 12.3. The van der Waals surface area contributed by atoms with Crippen LogP contribution in [-0.4, -0.2) is 33.4 Å². The molecule has 180 valence electrons. The number of nitrogens with one attached hydrogen (secondary N) is 2. The first-order chi connectivity index (χ1) is 16.8. The van der Waals surface area contributed by atoms with Crippen molar-refractivity contribution in [3.05, 3.63) is 58.9 Å². The maximum Gasteiger partial charge on any atom is 0.412 e. The molecule has 1 fully saturated rings. The summed E-state index contributed by atoms with van der Waals surface area (Å²) in [5.41, 5.74) is 1.41. The van der Waals surface area contributed by atoms with Crippen LogP contribution in [0.15, 0.2) is 47.1 Å². The van der Waals surface area contributed by atoms with Gasteiger partial charge in [0.25, 0.3) is 5.76 Å². The van der Waals surface area contributed by atoms with Gasteiger partial charge in [0.05, 0.1) is 5.92 Å². The summed E-state index contributed by atoms with van der Waals surface area (Å²) in [7, 11) is 0. The van der Waals surface area contributed by atoms with Crippen LogP contribution in [0.2, 0.25) is 5.02 Å². The van der Waals surface area contributed by atoms with Gasteiger partial charge < -0.3 is 19.7 Å². The number of carboxylic acids is 1. The molecule has 2 aromatic heterocycles. The van der Waals surface area contributed by atoms with Crippen molar-refractivity contribution in [2.75, 3.05) is 10.6 Å². The molecule has 2 heterocycles. The first-order valence-corrected chi connectivity index (χ1v) is 11.2. The summed E-state index contributed by atoms with van der Waals surface area (Å²) < 4.78 is 10.5. The van der Waals surface area contributed by atoms with Crippen molar-refractivity contribution in [3.63, 3.8) is 0 Å². The Morgan fingerprint density at radius 3 is 2.71 bits per heavy atom. The van der Waals surface area contributed by atoms with Crippen molar-refractivity contribution >= 4 is 35.2 Å².